The number of aryl methyl sites for hydroxylation is 1. The highest BCUT2D eigenvalue weighted by Gasteiger charge is 2.31. The number of ketones is 1. The van der Waals surface area contributed by atoms with E-state index < -0.39 is 0 Å². The highest BCUT2D eigenvalue weighted by molar-refractivity contribution is 6.23. The molecule has 3 heteroatoms. The van der Waals surface area contributed by atoms with Crippen LogP contribution in [0.1, 0.15) is 60.2 Å². The molecule has 1 aliphatic carbocycles. The van der Waals surface area contributed by atoms with Crippen molar-refractivity contribution in [2.45, 2.75) is 39.5 Å². The van der Waals surface area contributed by atoms with Crippen molar-refractivity contribution in [3.63, 3.8) is 0 Å². The van der Waals surface area contributed by atoms with Crippen molar-refractivity contribution >= 4 is 17.3 Å². The molecule has 1 N–H and O–H groups in total. The largest absolute Gasteiger partial charge is 0.322 e. The molecule has 25 heavy (non-hydrogen) atoms. The maximum Gasteiger partial charge on any atom is 0.224 e. The summed E-state index contributed by atoms with van der Waals surface area (Å²) in [4.78, 5) is 25.1. The van der Waals surface area contributed by atoms with Gasteiger partial charge in [0.25, 0.3) is 0 Å². The fraction of sp³-hybridized carbons (Fsp3) is 0.273. The van der Waals surface area contributed by atoms with Gasteiger partial charge >= 0.3 is 0 Å². The Morgan fingerprint density at radius 1 is 0.960 bits per heavy atom. The third kappa shape index (κ3) is 3.41. The highest BCUT2D eigenvalue weighted by atomic mass is 16.2. The van der Waals surface area contributed by atoms with Gasteiger partial charge in [0.2, 0.25) is 11.7 Å². The van der Waals surface area contributed by atoms with E-state index in [-0.39, 0.29) is 11.7 Å². The minimum Gasteiger partial charge on any atom is -0.322 e. The maximum absolute atomic E-state index is 12.8. The molecule has 2 aromatic rings. The summed E-state index contributed by atoms with van der Waals surface area (Å²) in [5.41, 5.74) is 4.99. The summed E-state index contributed by atoms with van der Waals surface area (Å²) in [5.74, 6) is -0.198. The van der Waals surface area contributed by atoms with Crippen molar-refractivity contribution in [2.75, 3.05) is 0 Å². The predicted molar refractivity (Wildman–Crippen MR) is 100 cm³/mol. The van der Waals surface area contributed by atoms with Crippen LogP contribution in [0.15, 0.2) is 54.2 Å². The standard InChI is InChI=1S/C22H23NO2/c1-3-5-10-19(24)23-21-20(16-13-11-15(4-2)12-14-16)17-8-6-7-9-18(17)22(21)25/h6-9,11-14H,3-5,10H2,1-2H3,(H,23,24,25). The molecule has 0 bridgehead atoms. The molecule has 0 unspecified atom stereocenters. The molecule has 0 radical (unpaired) electrons. The van der Waals surface area contributed by atoms with Crippen LogP contribution in [0.3, 0.4) is 0 Å². The number of rotatable bonds is 6. The molecule has 0 atom stereocenters. The zero-order valence-corrected chi connectivity index (χ0v) is 14.8. The Hall–Kier alpha value is -2.68. The van der Waals surface area contributed by atoms with Gasteiger partial charge in [0.1, 0.15) is 0 Å². The minimum atomic E-state index is -0.102. The number of nitrogens with one attached hydrogen (secondary N) is 1. The van der Waals surface area contributed by atoms with Crippen LogP contribution in [-0.2, 0) is 11.2 Å². The van der Waals surface area contributed by atoms with E-state index in [0.29, 0.717) is 17.7 Å². The lowest BCUT2D eigenvalue weighted by molar-refractivity contribution is -0.120. The number of benzene rings is 2. The van der Waals surface area contributed by atoms with Crippen molar-refractivity contribution in [1.29, 1.82) is 0 Å². The number of allylic oxidation sites excluding steroid dienone is 1. The van der Waals surface area contributed by atoms with Gasteiger partial charge in [-0.1, -0.05) is 68.8 Å². The van der Waals surface area contributed by atoms with Gasteiger partial charge in [-0.15, -0.1) is 0 Å². The van der Waals surface area contributed by atoms with Crippen LogP contribution >= 0.6 is 0 Å². The normalized spacial score (nSPS) is 13.1. The number of hydrogen-bond acceptors (Lipinski definition) is 2. The van der Waals surface area contributed by atoms with Crippen LogP contribution in [0, 0.1) is 0 Å². The van der Waals surface area contributed by atoms with E-state index in [9.17, 15) is 9.59 Å². The van der Waals surface area contributed by atoms with Gasteiger partial charge in [-0.2, -0.15) is 0 Å². The Labute approximate surface area is 148 Å². The second-order valence-electron chi connectivity index (χ2n) is 6.33. The zero-order valence-electron chi connectivity index (χ0n) is 14.8. The zero-order chi connectivity index (χ0) is 17.8. The third-order valence-electron chi connectivity index (χ3n) is 4.59. The molecule has 128 valence electrons. The molecular weight excluding hydrogens is 310 g/mol. The molecule has 1 aliphatic rings. The summed E-state index contributed by atoms with van der Waals surface area (Å²) in [6.07, 6.45) is 3.17. The lowest BCUT2D eigenvalue weighted by Crippen LogP contribution is -2.26. The first-order chi connectivity index (χ1) is 12.2. The average Bonchev–Trinajstić information content (AvgIpc) is 2.92. The van der Waals surface area contributed by atoms with Gasteiger partial charge < -0.3 is 5.32 Å². The summed E-state index contributed by atoms with van der Waals surface area (Å²) in [7, 11) is 0. The van der Waals surface area contributed by atoms with Gasteiger partial charge in [0, 0.05) is 17.6 Å². The van der Waals surface area contributed by atoms with E-state index >= 15 is 0 Å². The van der Waals surface area contributed by atoms with Gasteiger partial charge in [0.15, 0.2) is 0 Å². The first kappa shape index (κ1) is 17.2. The number of carbonyl (C=O) groups excluding carboxylic acids is 2. The van der Waals surface area contributed by atoms with Crippen LogP contribution in [0.5, 0.6) is 0 Å². The first-order valence-electron chi connectivity index (χ1n) is 8.93. The summed E-state index contributed by atoms with van der Waals surface area (Å²) < 4.78 is 0. The number of Topliss-reactive ketones (excluding diaryl/α,β-unsaturated/α-hetero) is 1. The second kappa shape index (κ2) is 7.47. The summed E-state index contributed by atoms with van der Waals surface area (Å²) in [6.45, 7) is 4.16. The number of unbranched alkanes of at least 4 members (excludes halogenated alkanes) is 1. The molecule has 0 aliphatic heterocycles. The SMILES string of the molecule is CCCCC(=O)NC1=C(c2ccc(CC)cc2)c2ccccc2C1=O. The van der Waals surface area contributed by atoms with E-state index in [1.165, 1.54) is 5.56 Å². The first-order valence-corrected chi connectivity index (χ1v) is 8.93. The van der Waals surface area contributed by atoms with Crippen molar-refractivity contribution in [3.8, 4) is 0 Å². The summed E-state index contributed by atoms with van der Waals surface area (Å²) in [5, 5.41) is 2.88. The van der Waals surface area contributed by atoms with Crippen LogP contribution in [0.2, 0.25) is 0 Å². The molecule has 0 saturated carbocycles. The maximum atomic E-state index is 12.8. The topological polar surface area (TPSA) is 46.2 Å². The molecule has 0 heterocycles. The smallest absolute Gasteiger partial charge is 0.224 e. The molecule has 3 nitrogen and oxygen atoms in total. The third-order valence-corrected chi connectivity index (χ3v) is 4.59. The average molecular weight is 333 g/mol. The lowest BCUT2D eigenvalue weighted by Gasteiger charge is -2.10. The Morgan fingerprint density at radius 3 is 2.28 bits per heavy atom. The number of fused-ring (bicyclic) bond motifs is 1. The highest BCUT2D eigenvalue weighted by Crippen LogP contribution is 2.36. The van der Waals surface area contributed by atoms with Gasteiger partial charge in [0.05, 0.1) is 5.70 Å². The molecule has 0 saturated heterocycles. The molecule has 0 aromatic heterocycles. The number of hydrogen-bond donors (Lipinski definition) is 1. The molecule has 3 rings (SSSR count). The Morgan fingerprint density at radius 2 is 1.64 bits per heavy atom. The molecule has 2 aromatic carbocycles. The van der Waals surface area contributed by atoms with Crippen LogP contribution in [-0.4, -0.2) is 11.7 Å². The number of carbonyl (C=O) groups is 2. The molecular formula is C22H23NO2. The van der Waals surface area contributed by atoms with Crippen LogP contribution in [0.25, 0.3) is 5.57 Å². The van der Waals surface area contributed by atoms with Crippen LogP contribution < -0.4 is 5.32 Å². The van der Waals surface area contributed by atoms with Crippen molar-refractivity contribution < 1.29 is 9.59 Å². The Kier molecular flexibility index (Phi) is 5.13. The lowest BCUT2D eigenvalue weighted by atomic mass is 9.97. The van der Waals surface area contributed by atoms with Crippen molar-refractivity contribution in [1.82, 2.24) is 5.32 Å². The minimum absolute atomic E-state index is 0.0966. The van der Waals surface area contributed by atoms with E-state index in [1.54, 1.807) is 0 Å². The van der Waals surface area contributed by atoms with E-state index in [1.807, 2.05) is 43.3 Å². The number of amides is 1. The van der Waals surface area contributed by atoms with Gasteiger partial charge in [-0.3, -0.25) is 9.59 Å². The van der Waals surface area contributed by atoms with E-state index in [0.717, 1.165) is 36.0 Å². The second-order valence-corrected chi connectivity index (χ2v) is 6.33. The Balaban J connectivity index is 2.04. The fourth-order valence-electron chi connectivity index (χ4n) is 3.15. The van der Waals surface area contributed by atoms with Crippen molar-refractivity contribution in [2.24, 2.45) is 0 Å². The predicted octanol–water partition coefficient (Wildman–Crippen LogP) is 4.51. The van der Waals surface area contributed by atoms with Crippen molar-refractivity contribution in [3.05, 3.63) is 76.5 Å². The Bertz CT molecular complexity index is 831. The summed E-state index contributed by atoms with van der Waals surface area (Å²) in [6, 6.07) is 15.8. The molecule has 0 fully saturated rings. The fourth-order valence-corrected chi connectivity index (χ4v) is 3.15. The van der Waals surface area contributed by atoms with E-state index in [2.05, 4.69) is 24.4 Å². The van der Waals surface area contributed by atoms with Gasteiger partial charge in [-0.05, 0) is 29.5 Å². The monoisotopic (exact) mass is 333 g/mol. The molecule has 0 spiro atoms. The van der Waals surface area contributed by atoms with Crippen LogP contribution in [0.4, 0.5) is 0 Å². The quantitative estimate of drug-likeness (QED) is 0.845. The molecule has 1 amide bonds. The summed E-state index contributed by atoms with van der Waals surface area (Å²) >= 11 is 0. The van der Waals surface area contributed by atoms with Gasteiger partial charge in [-0.25, -0.2) is 0 Å². The van der Waals surface area contributed by atoms with E-state index in [4.69, 9.17) is 0 Å².